The summed E-state index contributed by atoms with van der Waals surface area (Å²) in [4.78, 5) is 48.4. The summed E-state index contributed by atoms with van der Waals surface area (Å²) < 4.78 is 30.9. The number of imidazole rings is 1. The normalized spacial score (nSPS) is 17.1. The molecule has 4 heterocycles. The molecule has 1 aliphatic rings. The minimum Gasteiger partial charge on any atom is -0.346 e. The van der Waals surface area contributed by atoms with Crippen molar-refractivity contribution in [3.8, 4) is 0 Å². The van der Waals surface area contributed by atoms with Crippen LogP contribution in [0.3, 0.4) is 0 Å². The number of allylic oxidation sites excluding steroid dienone is 2. The van der Waals surface area contributed by atoms with Gasteiger partial charge in [-0.2, -0.15) is 0 Å². The molecule has 0 spiro atoms. The van der Waals surface area contributed by atoms with Crippen LogP contribution in [0.25, 0.3) is 16.9 Å². The molecule has 0 amide bonds. The average molecular weight is 529 g/mol. The van der Waals surface area contributed by atoms with E-state index in [0.717, 1.165) is 4.57 Å². The van der Waals surface area contributed by atoms with Crippen LogP contribution >= 0.6 is 0 Å². The van der Waals surface area contributed by atoms with Crippen molar-refractivity contribution in [3.63, 3.8) is 0 Å². The van der Waals surface area contributed by atoms with E-state index in [0.29, 0.717) is 34.6 Å². The zero-order valence-electron chi connectivity index (χ0n) is 22.2. The second-order valence-corrected chi connectivity index (χ2v) is 9.19. The molecule has 1 N–H and O–H groups in total. The first-order valence-corrected chi connectivity index (χ1v) is 12.0. The van der Waals surface area contributed by atoms with Gasteiger partial charge in [-0.15, -0.1) is 0 Å². The number of rotatable bonds is 4. The zero-order chi connectivity index (χ0) is 27.8. The molecule has 0 unspecified atom stereocenters. The number of aryl methyl sites for hydroxylation is 1. The van der Waals surface area contributed by atoms with E-state index in [4.69, 9.17) is 0 Å². The van der Waals surface area contributed by atoms with Gasteiger partial charge >= 0.3 is 5.69 Å². The van der Waals surface area contributed by atoms with Crippen LogP contribution in [-0.2, 0) is 14.1 Å². The highest BCUT2D eigenvalue weighted by Crippen LogP contribution is 2.29. The fourth-order valence-corrected chi connectivity index (χ4v) is 4.21. The second kappa shape index (κ2) is 10.3. The zero-order valence-corrected chi connectivity index (χ0v) is 22.2. The predicted molar refractivity (Wildman–Crippen MR) is 142 cm³/mol. The molecular weight excluding hydrogens is 498 g/mol. The van der Waals surface area contributed by atoms with E-state index >= 15 is 0 Å². The Morgan fingerprint density at radius 3 is 2.26 bits per heavy atom. The number of piperidine rings is 1. The number of hydrogen-bond donors (Lipinski definition) is 1. The Kier molecular flexibility index (Phi) is 7.24. The van der Waals surface area contributed by atoms with Gasteiger partial charge in [0.05, 0.1) is 5.56 Å². The number of halogens is 2. The quantitative estimate of drug-likeness (QED) is 0.404. The summed E-state index contributed by atoms with van der Waals surface area (Å²) in [5.41, 5.74) is 1.64. The van der Waals surface area contributed by atoms with Gasteiger partial charge in [0.15, 0.2) is 17.0 Å². The maximum Gasteiger partial charge on any atom is 0.332 e. The van der Waals surface area contributed by atoms with Crippen molar-refractivity contribution in [3.05, 3.63) is 50.8 Å². The SMILES string of the molecule is CN=C(N=C(C)N/C(C)=C(/C)n1cnc2c1c(=O)n(C)c(=O)n2C)c1cnc(N2CCC(F)(F)CC2)nc1. The molecule has 1 saturated heterocycles. The lowest BCUT2D eigenvalue weighted by Crippen LogP contribution is -2.40. The first-order valence-electron chi connectivity index (χ1n) is 12.0. The van der Waals surface area contributed by atoms with Crippen LogP contribution in [0.2, 0.25) is 0 Å². The molecular formula is C24H30F2N10O2. The second-order valence-electron chi connectivity index (χ2n) is 9.19. The van der Waals surface area contributed by atoms with Gasteiger partial charge in [0, 0.05) is 70.9 Å². The van der Waals surface area contributed by atoms with Crippen molar-refractivity contribution in [2.24, 2.45) is 24.1 Å². The predicted octanol–water partition coefficient (Wildman–Crippen LogP) is 1.75. The Labute approximate surface area is 217 Å². The third-order valence-corrected chi connectivity index (χ3v) is 6.58. The molecule has 1 fully saturated rings. The first-order chi connectivity index (χ1) is 17.9. The number of amidine groups is 2. The molecule has 0 bridgehead atoms. The summed E-state index contributed by atoms with van der Waals surface area (Å²) >= 11 is 0. The van der Waals surface area contributed by atoms with E-state index in [1.165, 1.54) is 17.9 Å². The Morgan fingerprint density at radius 2 is 1.66 bits per heavy atom. The molecule has 14 heteroatoms. The number of alkyl halides is 2. The van der Waals surface area contributed by atoms with Crippen molar-refractivity contribution in [1.82, 2.24) is 34.0 Å². The summed E-state index contributed by atoms with van der Waals surface area (Å²) in [6, 6.07) is 0. The summed E-state index contributed by atoms with van der Waals surface area (Å²) in [5.74, 6) is -1.34. The van der Waals surface area contributed by atoms with Crippen molar-refractivity contribution < 1.29 is 8.78 Å². The van der Waals surface area contributed by atoms with Crippen LogP contribution in [0.15, 0.2) is 44.0 Å². The van der Waals surface area contributed by atoms with E-state index in [1.54, 1.807) is 42.9 Å². The van der Waals surface area contributed by atoms with Crippen LogP contribution in [0.1, 0.15) is 39.2 Å². The number of anilines is 1. The molecule has 0 atom stereocenters. The summed E-state index contributed by atoms with van der Waals surface area (Å²) in [6.45, 7) is 5.80. The van der Waals surface area contributed by atoms with Gasteiger partial charge in [-0.25, -0.2) is 33.5 Å². The van der Waals surface area contributed by atoms with Crippen LogP contribution in [0.4, 0.5) is 14.7 Å². The van der Waals surface area contributed by atoms with Gasteiger partial charge in [0.1, 0.15) is 12.2 Å². The van der Waals surface area contributed by atoms with Crippen LogP contribution in [-0.4, -0.2) is 66.4 Å². The Hall–Kier alpha value is -4.23. The number of nitrogens with zero attached hydrogens (tertiary/aromatic N) is 9. The molecule has 3 aromatic heterocycles. The number of nitrogens with one attached hydrogen (secondary N) is 1. The van der Waals surface area contributed by atoms with Crippen LogP contribution < -0.4 is 21.5 Å². The van der Waals surface area contributed by atoms with Gasteiger partial charge in [-0.3, -0.25) is 23.5 Å². The van der Waals surface area contributed by atoms with Crippen molar-refractivity contribution in [1.29, 1.82) is 0 Å². The monoisotopic (exact) mass is 528 g/mol. The standard InChI is InChI=1S/C24H30F2N10O2/c1-14(15(2)36-13-30-20-18(36)21(37)34(6)23(38)33(20)5)31-16(3)32-19(27-4)17-11-28-22(29-12-17)35-9-7-24(25,26)8-10-35/h11-13H,7-10H2,1-6H3,(H,27,31,32)/b15-14-. The number of aliphatic imine (C=N–C) groups is 2. The van der Waals surface area contributed by atoms with Crippen molar-refractivity contribution >= 4 is 34.5 Å². The molecule has 4 rings (SSSR count). The Bertz CT molecular complexity index is 1570. The molecule has 1 aliphatic heterocycles. The minimum absolute atomic E-state index is 0.196. The van der Waals surface area contributed by atoms with Gasteiger partial charge in [-0.1, -0.05) is 0 Å². The molecule has 0 radical (unpaired) electrons. The molecule has 0 saturated carbocycles. The molecule has 0 aromatic carbocycles. The van der Waals surface area contributed by atoms with E-state index in [1.807, 2.05) is 13.8 Å². The van der Waals surface area contributed by atoms with E-state index in [9.17, 15) is 18.4 Å². The van der Waals surface area contributed by atoms with E-state index < -0.39 is 17.2 Å². The van der Waals surface area contributed by atoms with Crippen LogP contribution in [0.5, 0.6) is 0 Å². The smallest absolute Gasteiger partial charge is 0.332 e. The van der Waals surface area contributed by atoms with Gasteiger partial charge < -0.3 is 10.2 Å². The summed E-state index contributed by atoms with van der Waals surface area (Å²) in [5, 5.41) is 3.20. The summed E-state index contributed by atoms with van der Waals surface area (Å²) in [7, 11) is 4.59. The molecule has 38 heavy (non-hydrogen) atoms. The third-order valence-electron chi connectivity index (χ3n) is 6.58. The highest BCUT2D eigenvalue weighted by Gasteiger charge is 2.34. The van der Waals surface area contributed by atoms with Crippen molar-refractivity contribution in [2.75, 3.05) is 25.0 Å². The van der Waals surface area contributed by atoms with Gasteiger partial charge in [-0.05, 0) is 20.8 Å². The number of aromatic nitrogens is 6. The molecule has 202 valence electrons. The lowest BCUT2D eigenvalue weighted by molar-refractivity contribution is -0.0222. The summed E-state index contributed by atoms with van der Waals surface area (Å²) in [6.07, 6.45) is 4.20. The lowest BCUT2D eigenvalue weighted by atomic mass is 10.1. The molecule has 12 nitrogen and oxygen atoms in total. The largest absolute Gasteiger partial charge is 0.346 e. The molecule has 3 aromatic rings. The average Bonchev–Trinajstić information content (AvgIpc) is 3.34. The van der Waals surface area contributed by atoms with Gasteiger partial charge in [0.25, 0.3) is 11.5 Å². The minimum atomic E-state index is -2.64. The van der Waals surface area contributed by atoms with Crippen molar-refractivity contribution in [2.45, 2.75) is 39.5 Å². The Morgan fingerprint density at radius 1 is 1.03 bits per heavy atom. The third kappa shape index (κ3) is 5.10. The fraction of sp³-hybridized carbons (Fsp3) is 0.458. The van der Waals surface area contributed by atoms with E-state index in [-0.39, 0.29) is 37.1 Å². The topological polar surface area (TPSA) is 128 Å². The maximum absolute atomic E-state index is 13.4. The maximum atomic E-state index is 13.4. The highest BCUT2D eigenvalue weighted by atomic mass is 19.3. The van der Waals surface area contributed by atoms with E-state index in [2.05, 4.69) is 30.3 Å². The number of fused-ring (bicyclic) bond motifs is 1. The fourth-order valence-electron chi connectivity index (χ4n) is 4.21. The lowest BCUT2D eigenvalue weighted by Gasteiger charge is -2.31. The molecule has 0 aliphatic carbocycles. The van der Waals surface area contributed by atoms with Gasteiger partial charge in [0.2, 0.25) is 5.95 Å². The number of hydrogen-bond acceptors (Lipinski definition) is 7. The van der Waals surface area contributed by atoms with Crippen LogP contribution in [0, 0.1) is 0 Å². The first kappa shape index (κ1) is 26.8. The Balaban J connectivity index is 1.54. The highest BCUT2D eigenvalue weighted by molar-refractivity contribution is 6.06.